The Bertz CT molecular complexity index is 1380. The van der Waals surface area contributed by atoms with Gasteiger partial charge in [0.2, 0.25) is 0 Å². The predicted molar refractivity (Wildman–Crippen MR) is 181 cm³/mol. The van der Waals surface area contributed by atoms with Crippen molar-refractivity contribution in [1.29, 1.82) is 0 Å². The molecule has 1 aliphatic rings. The molecular weight excluding hydrogens is 568 g/mol. The fourth-order valence-electron chi connectivity index (χ4n) is 5.13. The van der Waals surface area contributed by atoms with Crippen LogP contribution in [-0.4, -0.2) is 60.7 Å². The molecule has 4 aromatic rings. The summed E-state index contributed by atoms with van der Waals surface area (Å²) in [6.45, 7) is 10.8. The van der Waals surface area contributed by atoms with E-state index in [0.29, 0.717) is 23.4 Å². The van der Waals surface area contributed by atoms with Gasteiger partial charge in [0.05, 0.1) is 12.6 Å². The summed E-state index contributed by atoms with van der Waals surface area (Å²) in [6, 6.07) is 39.5. The molecule has 0 spiro atoms. The largest absolute Gasteiger partial charge is 0.476 e. The Morgan fingerprint density at radius 2 is 1.32 bits per heavy atom. The van der Waals surface area contributed by atoms with Gasteiger partial charge in [-0.25, -0.2) is 4.79 Å². The number of carbonyl (C=O) groups excluding carboxylic acids is 1. The molecule has 0 aliphatic carbocycles. The van der Waals surface area contributed by atoms with Gasteiger partial charge in [-0.15, -0.1) is 0 Å². The second-order valence-corrected chi connectivity index (χ2v) is 11.6. The van der Waals surface area contributed by atoms with Crippen molar-refractivity contribution >= 4 is 23.6 Å². The van der Waals surface area contributed by atoms with Crippen LogP contribution < -0.4 is 4.74 Å². The van der Waals surface area contributed by atoms with Gasteiger partial charge in [0.1, 0.15) is 5.75 Å². The maximum atomic E-state index is 11.6. The zero-order valence-corrected chi connectivity index (χ0v) is 26.7. The topological polar surface area (TPSA) is 42.0 Å². The van der Waals surface area contributed by atoms with E-state index in [9.17, 15) is 4.79 Å². The van der Waals surface area contributed by atoms with Gasteiger partial charge in [0.25, 0.3) is 0 Å². The van der Waals surface area contributed by atoms with Crippen molar-refractivity contribution in [2.75, 3.05) is 39.3 Å². The Labute approximate surface area is 267 Å². The first-order valence-corrected chi connectivity index (χ1v) is 15.6. The third-order valence-electron chi connectivity index (χ3n) is 7.43. The Hall–Kier alpha value is -3.90. The lowest BCUT2D eigenvalue weighted by atomic mass is 9.96. The van der Waals surface area contributed by atoms with Gasteiger partial charge in [0.15, 0.2) is 5.60 Å². The molecule has 5 rings (SSSR count). The monoisotopic (exact) mass is 610 g/mol. The van der Waals surface area contributed by atoms with E-state index in [1.165, 1.54) is 16.7 Å². The van der Waals surface area contributed by atoms with Crippen molar-refractivity contribution in [1.82, 2.24) is 9.80 Å². The molecule has 1 aliphatic heterocycles. The molecule has 1 saturated heterocycles. The zero-order valence-electron chi connectivity index (χ0n) is 25.9. The second kappa shape index (κ2) is 16.8. The third-order valence-corrected chi connectivity index (χ3v) is 7.68. The summed E-state index contributed by atoms with van der Waals surface area (Å²) >= 11 is 5.75. The molecule has 1 heterocycles. The van der Waals surface area contributed by atoms with Crippen molar-refractivity contribution in [2.24, 2.45) is 0 Å². The Balaban J connectivity index is 0.000000236. The Morgan fingerprint density at radius 1 is 0.795 bits per heavy atom. The number of esters is 1. The lowest BCUT2D eigenvalue weighted by Crippen LogP contribution is -2.47. The molecule has 5 nitrogen and oxygen atoms in total. The van der Waals surface area contributed by atoms with Crippen molar-refractivity contribution in [2.45, 2.75) is 32.4 Å². The maximum absolute atomic E-state index is 11.6. The highest BCUT2D eigenvalue weighted by atomic mass is 35.5. The van der Waals surface area contributed by atoms with E-state index in [1.807, 2.05) is 0 Å². The molecule has 1 fully saturated rings. The van der Waals surface area contributed by atoms with Crippen LogP contribution in [0, 0.1) is 0 Å². The molecule has 0 saturated carbocycles. The normalized spacial score (nSPS) is 14.2. The summed E-state index contributed by atoms with van der Waals surface area (Å²) in [5, 5.41) is 0.626. The predicted octanol–water partition coefficient (Wildman–Crippen LogP) is 8.17. The highest BCUT2D eigenvalue weighted by Crippen LogP contribution is 2.29. The minimum absolute atomic E-state index is 0.337. The van der Waals surface area contributed by atoms with Crippen LogP contribution in [-0.2, 0) is 9.53 Å². The fraction of sp³-hybridized carbons (Fsp3) is 0.289. The molecule has 0 aromatic heterocycles. The first-order valence-electron chi connectivity index (χ1n) is 15.3. The van der Waals surface area contributed by atoms with Gasteiger partial charge in [-0.05, 0) is 61.7 Å². The van der Waals surface area contributed by atoms with E-state index in [1.54, 1.807) is 45.0 Å². The number of ether oxygens (including phenoxy) is 2. The third kappa shape index (κ3) is 10.1. The van der Waals surface area contributed by atoms with Gasteiger partial charge in [-0.1, -0.05) is 115 Å². The Kier molecular flexibility index (Phi) is 12.6. The van der Waals surface area contributed by atoms with Crippen LogP contribution in [0.3, 0.4) is 0 Å². The van der Waals surface area contributed by atoms with E-state index in [4.69, 9.17) is 21.1 Å². The molecule has 230 valence electrons. The quantitative estimate of drug-likeness (QED) is 0.169. The molecule has 6 heteroatoms. The summed E-state index contributed by atoms with van der Waals surface area (Å²) in [6.07, 6.45) is 4.51. The standard InChI is InChI=1S/C26H28N2.C12H15ClO3/c1-4-11-23(12-5-1)13-10-18-27-19-21-28(22-20-27)26(24-14-6-2-7-15-24)25-16-8-3-9-17-25;1-4-15-11(14)12(2,3)16-10-7-5-9(13)6-8-10/h1-17,26H,18-22H2;5-8H,4H2,1-3H3/b13-10+;. The molecule has 0 bridgehead atoms. The minimum Gasteiger partial charge on any atom is -0.476 e. The number of hydrogen-bond acceptors (Lipinski definition) is 5. The van der Waals surface area contributed by atoms with E-state index < -0.39 is 5.60 Å². The van der Waals surface area contributed by atoms with Crippen LogP contribution in [0.25, 0.3) is 6.08 Å². The lowest BCUT2D eigenvalue weighted by Gasteiger charge is -2.39. The molecule has 4 aromatic carbocycles. The number of rotatable bonds is 10. The summed E-state index contributed by atoms with van der Waals surface area (Å²) in [5.41, 5.74) is 3.04. The highest BCUT2D eigenvalue weighted by Gasteiger charge is 2.31. The summed E-state index contributed by atoms with van der Waals surface area (Å²) in [7, 11) is 0. The first kappa shape index (κ1) is 33.0. The summed E-state index contributed by atoms with van der Waals surface area (Å²) in [5.74, 6) is 0.201. The van der Waals surface area contributed by atoms with Crippen LogP contribution in [0.2, 0.25) is 5.02 Å². The zero-order chi connectivity index (χ0) is 31.2. The first-order chi connectivity index (χ1) is 21.4. The van der Waals surface area contributed by atoms with Crippen LogP contribution in [0.1, 0.15) is 43.5 Å². The van der Waals surface area contributed by atoms with Crippen molar-refractivity contribution in [3.63, 3.8) is 0 Å². The average molecular weight is 611 g/mol. The van der Waals surface area contributed by atoms with Crippen LogP contribution in [0.5, 0.6) is 5.75 Å². The van der Waals surface area contributed by atoms with E-state index in [2.05, 4.69) is 113 Å². The smallest absolute Gasteiger partial charge is 0.349 e. The van der Waals surface area contributed by atoms with Crippen molar-refractivity contribution in [3.8, 4) is 5.75 Å². The lowest BCUT2D eigenvalue weighted by molar-refractivity contribution is -0.158. The second-order valence-electron chi connectivity index (χ2n) is 11.2. The summed E-state index contributed by atoms with van der Waals surface area (Å²) < 4.78 is 10.5. The minimum atomic E-state index is -0.996. The van der Waals surface area contributed by atoms with Gasteiger partial charge in [-0.2, -0.15) is 0 Å². The van der Waals surface area contributed by atoms with E-state index in [-0.39, 0.29) is 5.97 Å². The number of nitrogens with zero attached hydrogens (tertiary/aromatic N) is 2. The van der Waals surface area contributed by atoms with Crippen LogP contribution >= 0.6 is 11.6 Å². The molecule has 0 radical (unpaired) electrons. The fourth-order valence-corrected chi connectivity index (χ4v) is 5.26. The van der Waals surface area contributed by atoms with Crippen molar-refractivity contribution in [3.05, 3.63) is 143 Å². The Morgan fingerprint density at radius 3 is 1.84 bits per heavy atom. The molecular formula is C38H43ClN2O3. The molecule has 0 N–H and O–H groups in total. The number of benzene rings is 4. The molecule has 0 amide bonds. The van der Waals surface area contributed by atoms with Crippen molar-refractivity contribution < 1.29 is 14.3 Å². The summed E-state index contributed by atoms with van der Waals surface area (Å²) in [4.78, 5) is 16.7. The van der Waals surface area contributed by atoms with Gasteiger partial charge < -0.3 is 9.47 Å². The van der Waals surface area contributed by atoms with Gasteiger partial charge in [-0.3, -0.25) is 9.80 Å². The molecule has 0 unspecified atom stereocenters. The maximum Gasteiger partial charge on any atom is 0.349 e. The SMILES string of the molecule is C(=C\c1ccccc1)/CN1CCN(C(c2ccccc2)c2ccccc2)CC1.CCOC(=O)C(C)(C)Oc1ccc(Cl)cc1. The van der Waals surface area contributed by atoms with Gasteiger partial charge >= 0.3 is 5.97 Å². The average Bonchev–Trinajstić information content (AvgIpc) is 3.05. The highest BCUT2D eigenvalue weighted by molar-refractivity contribution is 6.30. The number of halogens is 1. The number of piperazine rings is 1. The van der Waals surface area contributed by atoms with Crippen LogP contribution in [0.15, 0.2) is 121 Å². The molecule has 44 heavy (non-hydrogen) atoms. The molecule has 0 atom stereocenters. The van der Waals surface area contributed by atoms with Gasteiger partial charge in [0, 0.05) is 37.7 Å². The van der Waals surface area contributed by atoms with E-state index >= 15 is 0 Å². The number of hydrogen-bond donors (Lipinski definition) is 0. The number of carbonyl (C=O) groups is 1. The van der Waals surface area contributed by atoms with Crippen LogP contribution in [0.4, 0.5) is 0 Å². The van der Waals surface area contributed by atoms with E-state index in [0.717, 1.165) is 32.7 Å².